The molecular formula is C39H40Cl2N6O4. The lowest BCUT2D eigenvalue weighted by molar-refractivity contribution is 0.0691. The normalized spacial score (nSPS) is 14.6. The van der Waals surface area contributed by atoms with Crippen LogP contribution in [0.1, 0.15) is 75.4 Å². The van der Waals surface area contributed by atoms with Gasteiger partial charge in [0.1, 0.15) is 11.4 Å². The number of rotatable bonds is 9. The van der Waals surface area contributed by atoms with Gasteiger partial charge in [0.15, 0.2) is 5.69 Å². The summed E-state index contributed by atoms with van der Waals surface area (Å²) in [6, 6.07) is 13.1. The maximum absolute atomic E-state index is 15.0. The molecular weight excluding hydrogens is 687 g/mol. The Morgan fingerprint density at radius 2 is 1.73 bits per heavy atom. The molecule has 0 spiro atoms. The Balaban J connectivity index is 1.39. The molecule has 1 atom stereocenters. The summed E-state index contributed by atoms with van der Waals surface area (Å²) in [5.74, 6) is -0.521. The maximum atomic E-state index is 15.0. The number of aromatic nitrogens is 5. The van der Waals surface area contributed by atoms with Gasteiger partial charge in [-0.3, -0.25) is 14.2 Å². The van der Waals surface area contributed by atoms with Crippen molar-refractivity contribution in [2.45, 2.75) is 67.0 Å². The minimum atomic E-state index is -1.11. The molecule has 1 amide bonds. The second-order valence-corrected chi connectivity index (χ2v) is 14.2. The fraction of sp³-hybridized carbons (Fsp3) is 0.333. The summed E-state index contributed by atoms with van der Waals surface area (Å²) in [6.07, 6.45) is 1.22. The molecule has 0 saturated heterocycles. The van der Waals surface area contributed by atoms with Crippen LogP contribution >= 0.6 is 23.2 Å². The van der Waals surface area contributed by atoms with Gasteiger partial charge < -0.3 is 19.3 Å². The van der Waals surface area contributed by atoms with E-state index in [0.29, 0.717) is 59.8 Å². The lowest BCUT2D eigenvalue weighted by Gasteiger charge is -2.34. The highest BCUT2D eigenvalue weighted by molar-refractivity contribution is 6.35. The van der Waals surface area contributed by atoms with Crippen molar-refractivity contribution in [2.75, 3.05) is 18.1 Å². The third-order valence-electron chi connectivity index (χ3n) is 10.1. The van der Waals surface area contributed by atoms with Crippen LogP contribution in [0.5, 0.6) is 5.75 Å². The number of para-hydroxylation sites is 1. The molecule has 3 aromatic heterocycles. The number of nitrogens with zero attached hydrogens (tertiary/aromatic N) is 6. The Morgan fingerprint density at radius 1 is 1.00 bits per heavy atom. The van der Waals surface area contributed by atoms with Crippen molar-refractivity contribution in [3.05, 3.63) is 92.0 Å². The number of carboxylic acids is 1. The summed E-state index contributed by atoms with van der Waals surface area (Å²) in [7, 11) is 1.92. The highest BCUT2D eigenvalue weighted by Gasteiger charge is 2.38. The number of ether oxygens (including phenoxy) is 1. The molecule has 1 aliphatic heterocycles. The molecule has 0 saturated carbocycles. The molecule has 10 nitrogen and oxygen atoms in total. The van der Waals surface area contributed by atoms with Crippen LogP contribution in [0.2, 0.25) is 10.0 Å². The van der Waals surface area contributed by atoms with E-state index in [0.717, 1.165) is 60.9 Å². The lowest BCUT2D eigenvalue weighted by Crippen LogP contribution is -2.43. The summed E-state index contributed by atoms with van der Waals surface area (Å²) in [6.45, 7) is 13.2. The highest BCUT2D eigenvalue weighted by Crippen LogP contribution is 2.45. The van der Waals surface area contributed by atoms with Crippen LogP contribution in [0.15, 0.2) is 42.5 Å². The molecule has 3 aromatic carbocycles. The minimum absolute atomic E-state index is 0.0337. The van der Waals surface area contributed by atoms with E-state index < -0.39 is 5.97 Å². The van der Waals surface area contributed by atoms with Crippen LogP contribution < -0.4 is 9.64 Å². The Morgan fingerprint density at radius 3 is 2.37 bits per heavy atom. The van der Waals surface area contributed by atoms with Crippen LogP contribution in [0.3, 0.4) is 0 Å². The van der Waals surface area contributed by atoms with E-state index in [4.69, 9.17) is 33.0 Å². The molecule has 1 N–H and O–H groups in total. The largest absolute Gasteiger partial charge is 0.494 e. The van der Waals surface area contributed by atoms with Gasteiger partial charge in [-0.2, -0.15) is 10.2 Å². The van der Waals surface area contributed by atoms with Crippen LogP contribution in [0, 0.1) is 27.7 Å². The molecule has 1 aliphatic rings. The number of aryl methyl sites for hydroxylation is 6. The van der Waals surface area contributed by atoms with Gasteiger partial charge in [0.05, 0.1) is 34.0 Å². The molecule has 12 heteroatoms. The quantitative estimate of drug-likeness (QED) is 0.149. The highest BCUT2D eigenvalue weighted by atomic mass is 35.5. The molecule has 4 heterocycles. The van der Waals surface area contributed by atoms with Crippen LogP contribution in [-0.2, 0) is 20.0 Å². The average Bonchev–Trinajstić information content (AvgIpc) is 3.72. The SMILES string of the molecule is CCn1nc(C(=O)O)c2cccc(N3CC(C)n4c(c(CCCOc5cc(C)c(Cl)c(C)c5)c5ccc(Cl)c(-c6c(C)nn(C)c6C)c54)C3=O)c21. The van der Waals surface area contributed by atoms with Crippen molar-refractivity contribution in [2.24, 2.45) is 7.05 Å². The molecule has 0 bridgehead atoms. The van der Waals surface area contributed by atoms with Gasteiger partial charge in [-0.1, -0.05) is 41.4 Å². The van der Waals surface area contributed by atoms with Gasteiger partial charge in [-0.05, 0) is 95.3 Å². The first-order valence-corrected chi connectivity index (χ1v) is 17.9. The van der Waals surface area contributed by atoms with E-state index in [1.54, 1.807) is 21.7 Å². The number of hydrogen-bond acceptors (Lipinski definition) is 5. The molecule has 0 radical (unpaired) electrons. The van der Waals surface area contributed by atoms with E-state index in [9.17, 15) is 9.90 Å². The zero-order chi connectivity index (χ0) is 36.5. The summed E-state index contributed by atoms with van der Waals surface area (Å²) in [5, 5.41) is 21.8. The number of anilines is 1. The Kier molecular flexibility index (Phi) is 8.88. The summed E-state index contributed by atoms with van der Waals surface area (Å²) >= 11 is 13.5. The van der Waals surface area contributed by atoms with E-state index in [-0.39, 0.29) is 17.6 Å². The Bertz CT molecular complexity index is 2380. The molecule has 0 fully saturated rings. The summed E-state index contributed by atoms with van der Waals surface area (Å²) in [4.78, 5) is 29.0. The predicted octanol–water partition coefficient (Wildman–Crippen LogP) is 8.88. The van der Waals surface area contributed by atoms with Crippen molar-refractivity contribution in [1.82, 2.24) is 24.1 Å². The first kappa shape index (κ1) is 34.6. The van der Waals surface area contributed by atoms with Crippen molar-refractivity contribution in [3.63, 3.8) is 0 Å². The first-order valence-electron chi connectivity index (χ1n) is 17.1. The van der Waals surface area contributed by atoms with Gasteiger partial charge in [-0.15, -0.1) is 0 Å². The fourth-order valence-electron chi connectivity index (χ4n) is 7.76. The number of halogens is 2. The second kappa shape index (κ2) is 13.1. The van der Waals surface area contributed by atoms with Crippen LogP contribution in [-0.4, -0.2) is 54.3 Å². The third-order valence-corrected chi connectivity index (χ3v) is 11.0. The third kappa shape index (κ3) is 5.56. The van der Waals surface area contributed by atoms with E-state index >= 15 is 4.79 Å². The van der Waals surface area contributed by atoms with Gasteiger partial charge in [-0.25, -0.2) is 4.79 Å². The number of carboxylic acid groups (broad SMARTS) is 1. The Hall–Kier alpha value is -4.80. The van der Waals surface area contributed by atoms with Crippen molar-refractivity contribution < 1.29 is 19.4 Å². The predicted molar refractivity (Wildman–Crippen MR) is 202 cm³/mol. The number of fused-ring (bicyclic) bond motifs is 4. The monoisotopic (exact) mass is 726 g/mol. The first-order chi connectivity index (χ1) is 24.3. The minimum Gasteiger partial charge on any atom is -0.494 e. The lowest BCUT2D eigenvalue weighted by atomic mass is 9.98. The van der Waals surface area contributed by atoms with Crippen molar-refractivity contribution in [3.8, 4) is 16.9 Å². The van der Waals surface area contributed by atoms with E-state index in [1.807, 2.05) is 76.7 Å². The van der Waals surface area contributed by atoms with Gasteiger partial charge in [0.25, 0.3) is 5.91 Å². The average molecular weight is 728 g/mol. The Labute approximate surface area is 306 Å². The van der Waals surface area contributed by atoms with Gasteiger partial charge in [0.2, 0.25) is 0 Å². The number of hydrogen-bond donors (Lipinski definition) is 1. The van der Waals surface area contributed by atoms with Crippen LogP contribution in [0.25, 0.3) is 32.9 Å². The van der Waals surface area contributed by atoms with Crippen LogP contribution in [0.4, 0.5) is 5.69 Å². The van der Waals surface area contributed by atoms with Gasteiger partial charge in [0, 0.05) is 58.8 Å². The zero-order valence-corrected chi connectivity index (χ0v) is 31.3. The van der Waals surface area contributed by atoms with E-state index in [1.165, 1.54) is 0 Å². The number of amides is 1. The maximum Gasteiger partial charge on any atom is 0.357 e. The van der Waals surface area contributed by atoms with Crippen molar-refractivity contribution in [1.29, 1.82) is 0 Å². The number of aromatic carboxylic acids is 1. The standard InChI is InChI=1S/C39H40Cl2N6O4/c1-8-46-35-28(34(43-46)39(49)50)11-9-13-30(35)45-19-22(4)47-36-27(14-15-29(40)32(36)31-23(5)42-44(7)24(31)6)26(37(47)38(45)48)12-10-16-51-25-17-20(2)33(41)21(3)18-25/h9,11,13-15,17-18,22H,8,10,12,16,19H2,1-7H3,(H,49,50). The molecule has 0 aliphatic carbocycles. The summed E-state index contributed by atoms with van der Waals surface area (Å²) < 4.78 is 11.9. The van der Waals surface area contributed by atoms with E-state index in [2.05, 4.69) is 16.6 Å². The zero-order valence-electron chi connectivity index (χ0n) is 29.8. The summed E-state index contributed by atoms with van der Waals surface area (Å²) in [5.41, 5.74) is 9.18. The number of carbonyl (C=O) groups excluding carboxylic acids is 1. The fourth-order valence-corrected chi connectivity index (χ4v) is 8.12. The smallest absolute Gasteiger partial charge is 0.357 e. The molecule has 6 aromatic rings. The molecule has 264 valence electrons. The van der Waals surface area contributed by atoms with Crippen molar-refractivity contribution >= 4 is 62.6 Å². The molecule has 7 rings (SSSR count). The van der Waals surface area contributed by atoms with Gasteiger partial charge >= 0.3 is 5.97 Å². The molecule has 51 heavy (non-hydrogen) atoms. The topological polar surface area (TPSA) is 107 Å². The second-order valence-electron chi connectivity index (χ2n) is 13.4. The number of benzene rings is 3. The number of carbonyl (C=O) groups is 2. The molecule has 1 unspecified atom stereocenters.